The summed E-state index contributed by atoms with van der Waals surface area (Å²) in [5.41, 5.74) is -0.316. The number of carboxylic acid groups (broad SMARTS) is 1. The lowest BCUT2D eigenvalue weighted by Crippen LogP contribution is -2.45. The molecule has 0 saturated heterocycles. The fraction of sp³-hybridized carbons (Fsp3) is 0.333. The first-order valence-electron chi connectivity index (χ1n) is 7.55. The molecule has 128 valence electrons. The molecular formula is C18H21NO4S. The first-order chi connectivity index (χ1) is 11.3. The Morgan fingerprint density at radius 3 is 2.62 bits per heavy atom. The fourth-order valence-electron chi connectivity index (χ4n) is 2.58. The van der Waals surface area contributed by atoms with Gasteiger partial charge in [0.15, 0.2) is 0 Å². The van der Waals surface area contributed by atoms with Gasteiger partial charge in [0.1, 0.15) is 5.75 Å². The molecule has 0 fully saturated rings. The van der Waals surface area contributed by atoms with Crippen LogP contribution in [0.5, 0.6) is 5.75 Å². The molecule has 0 aliphatic heterocycles. The highest BCUT2D eigenvalue weighted by molar-refractivity contribution is 7.12. The Kier molecular flexibility index (Phi) is 5.62. The van der Waals surface area contributed by atoms with E-state index in [0.717, 1.165) is 9.75 Å². The number of hydrogen-bond donors (Lipinski definition) is 2. The van der Waals surface area contributed by atoms with Gasteiger partial charge in [-0.2, -0.15) is 0 Å². The van der Waals surface area contributed by atoms with Crippen LogP contribution in [-0.4, -0.2) is 24.1 Å². The van der Waals surface area contributed by atoms with Crippen molar-refractivity contribution in [3.63, 3.8) is 0 Å². The molecule has 5 nitrogen and oxygen atoms in total. The average molecular weight is 347 g/mol. The van der Waals surface area contributed by atoms with E-state index in [1.807, 2.05) is 19.1 Å². The van der Waals surface area contributed by atoms with Gasteiger partial charge < -0.3 is 15.2 Å². The third-order valence-electron chi connectivity index (χ3n) is 3.76. The molecule has 0 aliphatic rings. The Hall–Kier alpha value is -2.34. The fourth-order valence-corrected chi connectivity index (χ4v) is 3.47. The molecule has 1 atom stereocenters. The minimum Gasteiger partial charge on any atom is -0.497 e. The van der Waals surface area contributed by atoms with Crippen molar-refractivity contribution >= 4 is 23.2 Å². The van der Waals surface area contributed by atoms with Crippen molar-refractivity contribution < 1.29 is 19.4 Å². The van der Waals surface area contributed by atoms with Crippen LogP contribution in [0.4, 0.5) is 0 Å². The Balaban J connectivity index is 2.22. The number of amides is 1. The summed E-state index contributed by atoms with van der Waals surface area (Å²) in [6, 6.07) is 11.0. The minimum atomic E-state index is -1.01. The van der Waals surface area contributed by atoms with E-state index in [2.05, 4.69) is 5.32 Å². The number of carbonyl (C=O) groups excluding carboxylic acids is 1. The predicted molar refractivity (Wildman–Crippen MR) is 93.5 cm³/mol. The zero-order valence-electron chi connectivity index (χ0n) is 14.0. The van der Waals surface area contributed by atoms with E-state index in [9.17, 15) is 14.7 Å². The summed E-state index contributed by atoms with van der Waals surface area (Å²) in [6.07, 6.45) is 0.0209. The van der Waals surface area contributed by atoms with Crippen LogP contribution in [0.25, 0.3) is 0 Å². The van der Waals surface area contributed by atoms with Crippen LogP contribution in [0.3, 0.4) is 0 Å². The largest absolute Gasteiger partial charge is 0.497 e. The van der Waals surface area contributed by atoms with Gasteiger partial charge in [-0.15, -0.1) is 11.3 Å². The zero-order chi connectivity index (χ0) is 17.7. The van der Waals surface area contributed by atoms with Crippen molar-refractivity contribution in [3.05, 3.63) is 51.7 Å². The van der Waals surface area contributed by atoms with E-state index < -0.39 is 11.5 Å². The molecule has 0 aliphatic carbocycles. The summed E-state index contributed by atoms with van der Waals surface area (Å²) >= 11 is 1.56. The second-order valence-corrected chi connectivity index (χ2v) is 7.24. The maximum absolute atomic E-state index is 12.4. The monoisotopic (exact) mass is 347 g/mol. The van der Waals surface area contributed by atoms with Crippen molar-refractivity contribution in [1.82, 2.24) is 5.32 Å². The molecule has 2 rings (SSSR count). The van der Waals surface area contributed by atoms with Crippen molar-refractivity contribution in [3.8, 4) is 5.75 Å². The predicted octanol–water partition coefficient (Wildman–Crippen LogP) is 3.11. The molecular weight excluding hydrogens is 326 g/mol. The van der Waals surface area contributed by atoms with Gasteiger partial charge >= 0.3 is 5.97 Å². The van der Waals surface area contributed by atoms with Crippen molar-refractivity contribution in [1.29, 1.82) is 0 Å². The number of thiophene rings is 1. The summed E-state index contributed by atoms with van der Waals surface area (Å²) in [6.45, 7) is 3.70. The maximum atomic E-state index is 12.4. The van der Waals surface area contributed by atoms with Gasteiger partial charge in [0, 0.05) is 9.75 Å². The molecule has 24 heavy (non-hydrogen) atoms. The molecule has 0 bridgehead atoms. The van der Waals surface area contributed by atoms with Gasteiger partial charge in [-0.1, -0.05) is 12.1 Å². The van der Waals surface area contributed by atoms with Crippen molar-refractivity contribution in [2.75, 3.05) is 7.11 Å². The van der Waals surface area contributed by atoms with E-state index in [1.165, 1.54) is 0 Å². The summed E-state index contributed by atoms with van der Waals surface area (Å²) in [4.78, 5) is 25.8. The highest BCUT2D eigenvalue weighted by atomic mass is 32.1. The van der Waals surface area contributed by atoms with E-state index in [-0.39, 0.29) is 18.7 Å². The van der Waals surface area contributed by atoms with E-state index in [0.29, 0.717) is 11.3 Å². The highest BCUT2D eigenvalue weighted by Crippen LogP contribution is 2.28. The number of rotatable bonds is 7. The Labute approximate surface area is 145 Å². The van der Waals surface area contributed by atoms with Crippen LogP contribution < -0.4 is 10.1 Å². The first-order valence-corrected chi connectivity index (χ1v) is 8.37. The number of benzene rings is 1. The lowest BCUT2D eigenvalue weighted by atomic mass is 9.88. The molecule has 6 heteroatoms. The third-order valence-corrected chi connectivity index (χ3v) is 4.76. The van der Waals surface area contributed by atoms with Crippen LogP contribution in [0.15, 0.2) is 36.4 Å². The Morgan fingerprint density at radius 2 is 2.04 bits per heavy atom. The highest BCUT2D eigenvalue weighted by Gasteiger charge is 2.32. The van der Waals surface area contributed by atoms with Gasteiger partial charge in [0.2, 0.25) is 5.91 Å². The normalized spacial score (nSPS) is 13.1. The number of carbonyl (C=O) groups is 2. The van der Waals surface area contributed by atoms with Crippen molar-refractivity contribution in [2.24, 2.45) is 0 Å². The first kappa shape index (κ1) is 18.0. The molecule has 1 aromatic carbocycles. The van der Waals surface area contributed by atoms with Gasteiger partial charge in [0.25, 0.3) is 0 Å². The molecule has 1 amide bonds. The lowest BCUT2D eigenvalue weighted by molar-refractivity contribution is -0.139. The minimum absolute atomic E-state index is 0.205. The molecule has 0 spiro atoms. The number of nitrogens with one attached hydrogen (secondary N) is 1. The summed E-state index contributed by atoms with van der Waals surface area (Å²) in [5, 5.41) is 12.1. The standard InChI is InChI=1S/C18H21NO4S/c1-12-7-8-15(24-12)10-16(20)19-18(2,11-17(21)22)13-5-4-6-14(9-13)23-3/h4-9H,10-11H2,1-3H3,(H,19,20)(H,21,22). The van der Waals surface area contributed by atoms with Crippen LogP contribution in [0.2, 0.25) is 0 Å². The van der Waals surface area contributed by atoms with Crippen LogP contribution in [0.1, 0.15) is 28.7 Å². The lowest BCUT2D eigenvalue weighted by Gasteiger charge is -2.30. The van der Waals surface area contributed by atoms with Gasteiger partial charge in [0.05, 0.1) is 25.5 Å². The quantitative estimate of drug-likeness (QED) is 0.807. The number of aryl methyl sites for hydroxylation is 1. The third kappa shape index (κ3) is 4.58. The summed E-state index contributed by atoms with van der Waals surface area (Å²) in [7, 11) is 1.55. The molecule has 2 aromatic rings. The van der Waals surface area contributed by atoms with Gasteiger partial charge in [-0.05, 0) is 43.7 Å². The number of carboxylic acids is 1. The molecule has 0 radical (unpaired) electrons. The summed E-state index contributed by atoms with van der Waals surface area (Å²) in [5.74, 6) is -0.566. The summed E-state index contributed by atoms with van der Waals surface area (Å²) < 4.78 is 5.20. The zero-order valence-corrected chi connectivity index (χ0v) is 14.8. The van der Waals surface area contributed by atoms with Gasteiger partial charge in [-0.25, -0.2) is 0 Å². The smallest absolute Gasteiger partial charge is 0.306 e. The number of hydrogen-bond acceptors (Lipinski definition) is 4. The molecule has 2 N–H and O–H groups in total. The number of aliphatic carboxylic acids is 1. The Bertz CT molecular complexity index is 740. The van der Waals surface area contributed by atoms with Crippen LogP contribution in [0, 0.1) is 6.92 Å². The second kappa shape index (κ2) is 7.49. The van der Waals surface area contributed by atoms with E-state index in [4.69, 9.17) is 4.74 Å². The van der Waals surface area contributed by atoms with Gasteiger partial charge in [-0.3, -0.25) is 9.59 Å². The van der Waals surface area contributed by atoms with E-state index >= 15 is 0 Å². The average Bonchev–Trinajstić information content (AvgIpc) is 2.91. The van der Waals surface area contributed by atoms with E-state index in [1.54, 1.807) is 49.6 Å². The number of methoxy groups -OCH3 is 1. The van der Waals surface area contributed by atoms with Crippen LogP contribution >= 0.6 is 11.3 Å². The molecule has 0 saturated carbocycles. The molecule has 1 aromatic heterocycles. The molecule has 1 unspecified atom stereocenters. The SMILES string of the molecule is COc1cccc(C(C)(CC(=O)O)NC(=O)Cc2ccc(C)s2)c1. The molecule has 1 heterocycles. The van der Waals surface area contributed by atoms with Crippen LogP contribution in [-0.2, 0) is 21.5 Å². The maximum Gasteiger partial charge on any atom is 0.306 e. The number of ether oxygens (including phenoxy) is 1. The topological polar surface area (TPSA) is 75.6 Å². The van der Waals surface area contributed by atoms with Crippen molar-refractivity contribution in [2.45, 2.75) is 32.2 Å². The second-order valence-electron chi connectivity index (χ2n) is 5.87. The Morgan fingerprint density at radius 1 is 1.29 bits per heavy atom.